The van der Waals surface area contributed by atoms with Crippen LogP contribution < -0.4 is 5.73 Å². The van der Waals surface area contributed by atoms with Crippen LogP contribution in [0.15, 0.2) is 18.3 Å². The number of hydrogen-bond donors (Lipinski definition) is 1. The molecule has 0 unspecified atom stereocenters. The highest BCUT2D eigenvalue weighted by atomic mass is 15.0. The van der Waals surface area contributed by atoms with Crippen molar-refractivity contribution in [3.63, 3.8) is 0 Å². The molecule has 0 saturated heterocycles. The van der Waals surface area contributed by atoms with Crippen LogP contribution in [0.5, 0.6) is 0 Å². The predicted molar refractivity (Wildman–Crippen MR) is 69.8 cm³/mol. The number of hydrogen-bond acceptors (Lipinski definition) is 2. The van der Waals surface area contributed by atoms with Gasteiger partial charge >= 0.3 is 0 Å². The molecule has 0 aliphatic heterocycles. The number of aromatic nitrogens is 2. The van der Waals surface area contributed by atoms with Gasteiger partial charge in [-0.3, -0.25) is 4.98 Å². The van der Waals surface area contributed by atoms with Crippen LogP contribution in [-0.2, 0) is 13.6 Å². The van der Waals surface area contributed by atoms with Crippen molar-refractivity contribution in [1.29, 1.82) is 0 Å². The van der Waals surface area contributed by atoms with E-state index in [1.54, 1.807) is 0 Å². The van der Waals surface area contributed by atoms with Gasteiger partial charge in [-0.2, -0.15) is 0 Å². The Morgan fingerprint density at radius 3 is 2.88 bits per heavy atom. The first-order valence-electron chi connectivity index (χ1n) is 6.45. The van der Waals surface area contributed by atoms with E-state index < -0.39 is 0 Å². The Bertz CT molecular complexity index is 536. The number of pyridine rings is 1. The number of nitrogens with two attached hydrogens (primary N) is 1. The van der Waals surface area contributed by atoms with Crippen molar-refractivity contribution in [3.8, 4) is 0 Å². The third-order valence-electron chi connectivity index (χ3n) is 4.05. The Hall–Kier alpha value is -1.35. The molecule has 1 aliphatic rings. The number of aryl methyl sites for hydroxylation is 1. The second kappa shape index (κ2) is 4.15. The molecule has 3 nitrogen and oxygen atoms in total. The number of nitrogens with zero attached hydrogens (tertiary/aromatic N) is 2. The molecule has 0 atom stereocenters. The average Bonchev–Trinajstić information content (AvgIpc) is 2.96. The maximum Gasteiger partial charge on any atom is 0.0928 e. The van der Waals surface area contributed by atoms with Gasteiger partial charge in [-0.15, -0.1) is 0 Å². The molecule has 2 N–H and O–H groups in total. The smallest absolute Gasteiger partial charge is 0.0928 e. The zero-order valence-electron chi connectivity index (χ0n) is 10.3. The van der Waals surface area contributed by atoms with Gasteiger partial charge in [0.25, 0.3) is 0 Å². The summed E-state index contributed by atoms with van der Waals surface area (Å²) >= 11 is 0. The van der Waals surface area contributed by atoms with Gasteiger partial charge in [0.1, 0.15) is 0 Å². The summed E-state index contributed by atoms with van der Waals surface area (Å²) in [5, 5.41) is 0. The number of rotatable bonds is 2. The van der Waals surface area contributed by atoms with Crippen LogP contribution in [0.3, 0.4) is 0 Å². The molecule has 1 saturated carbocycles. The molecule has 0 spiro atoms. The Morgan fingerprint density at radius 1 is 1.41 bits per heavy atom. The van der Waals surface area contributed by atoms with Crippen LogP contribution in [0.1, 0.15) is 42.9 Å². The van der Waals surface area contributed by atoms with Crippen LogP contribution in [0, 0.1) is 0 Å². The van der Waals surface area contributed by atoms with E-state index in [4.69, 9.17) is 5.73 Å². The zero-order chi connectivity index (χ0) is 11.8. The van der Waals surface area contributed by atoms with Gasteiger partial charge in [-0.05, 0) is 30.9 Å². The largest absolute Gasteiger partial charge is 0.346 e. The molecular weight excluding hydrogens is 210 g/mol. The quantitative estimate of drug-likeness (QED) is 0.860. The molecule has 17 heavy (non-hydrogen) atoms. The van der Waals surface area contributed by atoms with Gasteiger partial charge in [0, 0.05) is 31.0 Å². The molecule has 90 valence electrons. The Morgan fingerprint density at radius 2 is 2.18 bits per heavy atom. The lowest BCUT2D eigenvalue weighted by atomic mass is 10.00. The van der Waals surface area contributed by atoms with Crippen LogP contribution in [0.2, 0.25) is 0 Å². The van der Waals surface area contributed by atoms with Gasteiger partial charge in [-0.1, -0.05) is 12.8 Å². The molecule has 3 heteroatoms. The van der Waals surface area contributed by atoms with E-state index in [0.29, 0.717) is 12.5 Å². The molecule has 0 radical (unpaired) electrons. The van der Waals surface area contributed by atoms with Gasteiger partial charge in [-0.25, -0.2) is 0 Å². The summed E-state index contributed by atoms with van der Waals surface area (Å²) in [7, 11) is 2.15. The van der Waals surface area contributed by atoms with Crippen molar-refractivity contribution in [2.75, 3.05) is 0 Å². The second-order valence-corrected chi connectivity index (χ2v) is 4.98. The summed E-state index contributed by atoms with van der Waals surface area (Å²) in [6, 6.07) is 4.14. The first-order chi connectivity index (χ1) is 8.33. The van der Waals surface area contributed by atoms with Gasteiger partial charge in [0.15, 0.2) is 0 Å². The van der Waals surface area contributed by atoms with Gasteiger partial charge < -0.3 is 10.3 Å². The van der Waals surface area contributed by atoms with Crippen LogP contribution in [-0.4, -0.2) is 9.55 Å². The normalized spacial score (nSPS) is 17.1. The van der Waals surface area contributed by atoms with Gasteiger partial charge in [0.05, 0.1) is 11.0 Å². The third-order valence-corrected chi connectivity index (χ3v) is 4.05. The van der Waals surface area contributed by atoms with E-state index in [1.807, 2.05) is 12.3 Å². The fourth-order valence-electron chi connectivity index (χ4n) is 3.27. The SMILES string of the molecule is Cn1c(C2CCCC2)c(CN)c2ncccc21. The van der Waals surface area contributed by atoms with Crippen molar-refractivity contribution in [2.45, 2.75) is 38.1 Å². The molecule has 2 heterocycles. The van der Waals surface area contributed by atoms with Crippen molar-refractivity contribution in [2.24, 2.45) is 12.8 Å². The maximum atomic E-state index is 5.94. The highest BCUT2D eigenvalue weighted by Gasteiger charge is 2.25. The van der Waals surface area contributed by atoms with E-state index in [1.165, 1.54) is 42.5 Å². The van der Waals surface area contributed by atoms with E-state index >= 15 is 0 Å². The van der Waals surface area contributed by atoms with Gasteiger partial charge in [0.2, 0.25) is 0 Å². The average molecular weight is 229 g/mol. The Kier molecular flexibility index (Phi) is 2.63. The molecule has 1 aliphatic carbocycles. The molecule has 1 fully saturated rings. The molecule has 0 bridgehead atoms. The molecular formula is C14H19N3. The summed E-state index contributed by atoms with van der Waals surface area (Å²) < 4.78 is 2.31. The lowest BCUT2D eigenvalue weighted by molar-refractivity contribution is 0.653. The van der Waals surface area contributed by atoms with Crippen LogP contribution >= 0.6 is 0 Å². The minimum Gasteiger partial charge on any atom is -0.346 e. The van der Waals surface area contributed by atoms with E-state index in [-0.39, 0.29) is 0 Å². The van der Waals surface area contributed by atoms with Crippen molar-refractivity contribution >= 4 is 11.0 Å². The Labute approximate surface area is 102 Å². The maximum absolute atomic E-state index is 5.94. The highest BCUT2D eigenvalue weighted by molar-refractivity contribution is 5.81. The lowest BCUT2D eigenvalue weighted by Crippen LogP contribution is -2.07. The summed E-state index contributed by atoms with van der Waals surface area (Å²) in [6.45, 7) is 0.597. The van der Waals surface area contributed by atoms with Crippen molar-refractivity contribution in [3.05, 3.63) is 29.6 Å². The summed E-state index contributed by atoms with van der Waals surface area (Å²) in [4.78, 5) is 4.50. The molecule has 3 rings (SSSR count). The summed E-state index contributed by atoms with van der Waals surface area (Å²) in [6.07, 6.45) is 7.17. The molecule has 0 aromatic carbocycles. The standard InChI is InChI=1S/C14H19N3/c1-17-12-7-4-8-16-13(12)11(9-15)14(17)10-5-2-3-6-10/h4,7-8,10H,2-3,5-6,9,15H2,1H3. The lowest BCUT2D eigenvalue weighted by Gasteiger charge is -2.13. The second-order valence-electron chi connectivity index (χ2n) is 4.98. The van der Waals surface area contributed by atoms with E-state index in [0.717, 1.165) is 5.52 Å². The topological polar surface area (TPSA) is 43.8 Å². The summed E-state index contributed by atoms with van der Waals surface area (Å²) in [5.74, 6) is 0.688. The summed E-state index contributed by atoms with van der Waals surface area (Å²) in [5.41, 5.74) is 10.9. The molecule has 0 amide bonds. The van der Waals surface area contributed by atoms with E-state index in [2.05, 4.69) is 22.7 Å². The monoisotopic (exact) mass is 229 g/mol. The minimum absolute atomic E-state index is 0.597. The fourth-order valence-corrected chi connectivity index (χ4v) is 3.27. The Balaban J connectivity index is 2.24. The first kappa shape index (κ1) is 10.8. The highest BCUT2D eigenvalue weighted by Crippen LogP contribution is 2.38. The van der Waals surface area contributed by atoms with Crippen molar-refractivity contribution < 1.29 is 0 Å². The first-order valence-corrected chi connectivity index (χ1v) is 6.45. The minimum atomic E-state index is 0.597. The zero-order valence-corrected chi connectivity index (χ0v) is 10.3. The van der Waals surface area contributed by atoms with Crippen LogP contribution in [0.25, 0.3) is 11.0 Å². The predicted octanol–water partition coefficient (Wildman–Crippen LogP) is 2.69. The van der Waals surface area contributed by atoms with E-state index in [9.17, 15) is 0 Å². The molecule has 2 aromatic rings. The van der Waals surface area contributed by atoms with Crippen molar-refractivity contribution in [1.82, 2.24) is 9.55 Å². The third kappa shape index (κ3) is 1.57. The number of fused-ring (bicyclic) bond motifs is 1. The fraction of sp³-hybridized carbons (Fsp3) is 0.500. The van der Waals surface area contributed by atoms with Crippen LogP contribution in [0.4, 0.5) is 0 Å². The molecule has 2 aromatic heterocycles.